The standard InChI is InChI=1S/C22H37NO/c1-19(2,3)22(20(4,5)6)15-23(21(7,8)9)18-11-10-16(12-13-24)14-17(18)22/h10-11,14,24H,12-13,15H2,1-9H3. The molecule has 0 aromatic heterocycles. The molecule has 2 nitrogen and oxygen atoms in total. The van der Waals surface area contributed by atoms with Gasteiger partial charge in [-0.3, -0.25) is 0 Å². The van der Waals surface area contributed by atoms with Gasteiger partial charge in [0.2, 0.25) is 0 Å². The van der Waals surface area contributed by atoms with E-state index in [0.717, 1.165) is 13.0 Å². The van der Waals surface area contributed by atoms with Crippen LogP contribution in [0.2, 0.25) is 0 Å². The Bertz CT molecular complexity index is 582. The molecule has 136 valence electrons. The van der Waals surface area contributed by atoms with Gasteiger partial charge in [0, 0.05) is 29.8 Å². The molecule has 0 atom stereocenters. The number of benzene rings is 1. The Labute approximate surface area is 149 Å². The van der Waals surface area contributed by atoms with Gasteiger partial charge in [-0.2, -0.15) is 0 Å². The summed E-state index contributed by atoms with van der Waals surface area (Å²) in [6.07, 6.45) is 0.729. The van der Waals surface area contributed by atoms with E-state index >= 15 is 0 Å². The van der Waals surface area contributed by atoms with Crippen LogP contribution in [-0.2, 0) is 11.8 Å². The Kier molecular flexibility index (Phi) is 4.63. The number of aliphatic hydroxyl groups is 1. The Morgan fingerprint density at radius 3 is 1.92 bits per heavy atom. The normalized spacial score (nSPS) is 18.0. The van der Waals surface area contributed by atoms with Crippen molar-refractivity contribution in [2.45, 2.75) is 79.7 Å². The number of fused-ring (bicyclic) bond motifs is 1. The molecule has 0 aliphatic carbocycles. The molecule has 1 N–H and O–H groups in total. The second-order valence-corrected chi connectivity index (χ2v) is 10.5. The minimum Gasteiger partial charge on any atom is -0.396 e. The molecule has 0 amide bonds. The first kappa shape index (κ1) is 19.3. The van der Waals surface area contributed by atoms with Gasteiger partial charge in [-0.25, -0.2) is 0 Å². The van der Waals surface area contributed by atoms with Crippen molar-refractivity contribution in [2.24, 2.45) is 10.8 Å². The predicted octanol–water partition coefficient (Wildman–Crippen LogP) is 5.17. The largest absolute Gasteiger partial charge is 0.396 e. The van der Waals surface area contributed by atoms with Crippen LogP contribution in [0, 0.1) is 10.8 Å². The average molecular weight is 332 g/mol. The van der Waals surface area contributed by atoms with E-state index in [1.807, 2.05) is 0 Å². The minimum absolute atomic E-state index is 0.0636. The molecule has 0 fully saturated rings. The summed E-state index contributed by atoms with van der Waals surface area (Å²) in [6, 6.07) is 6.84. The lowest BCUT2D eigenvalue weighted by molar-refractivity contribution is 0.0635. The summed E-state index contributed by atoms with van der Waals surface area (Å²) in [5, 5.41) is 9.39. The fraction of sp³-hybridized carbons (Fsp3) is 0.727. The maximum atomic E-state index is 9.39. The van der Waals surface area contributed by atoms with E-state index in [1.165, 1.54) is 16.8 Å². The van der Waals surface area contributed by atoms with Gasteiger partial charge in [-0.15, -0.1) is 0 Å². The molecular formula is C22H37NO. The van der Waals surface area contributed by atoms with E-state index in [9.17, 15) is 5.11 Å². The molecule has 24 heavy (non-hydrogen) atoms. The zero-order chi connectivity index (χ0) is 18.6. The van der Waals surface area contributed by atoms with Crippen LogP contribution in [0.1, 0.15) is 73.4 Å². The molecule has 0 spiro atoms. The zero-order valence-electron chi connectivity index (χ0n) is 17.2. The van der Waals surface area contributed by atoms with Crippen molar-refractivity contribution in [2.75, 3.05) is 18.1 Å². The van der Waals surface area contributed by atoms with E-state index in [4.69, 9.17) is 0 Å². The number of nitrogens with zero attached hydrogens (tertiary/aromatic N) is 1. The Hall–Kier alpha value is -1.02. The first-order valence-electron chi connectivity index (χ1n) is 9.27. The van der Waals surface area contributed by atoms with Crippen molar-refractivity contribution in [1.82, 2.24) is 0 Å². The molecule has 2 rings (SSSR count). The van der Waals surface area contributed by atoms with Crippen molar-refractivity contribution in [3.63, 3.8) is 0 Å². The van der Waals surface area contributed by atoms with Crippen molar-refractivity contribution in [1.29, 1.82) is 0 Å². The van der Waals surface area contributed by atoms with E-state index in [0.29, 0.717) is 0 Å². The van der Waals surface area contributed by atoms with Gasteiger partial charge in [0.25, 0.3) is 0 Å². The van der Waals surface area contributed by atoms with E-state index in [2.05, 4.69) is 85.4 Å². The highest BCUT2D eigenvalue weighted by Gasteiger charge is 2.58. The second-order valence-electron chi connectivity index (χ2n) is 10.5. The molecule has 1 aliphatic rings. The maximum absolute atomic E-state index is 9.39. The fourth-order valence-corrected chi connectivity index (χ4v) is 4.86. The van der Waals surface area contributed by atoms with Crippen LogP contribution in [0.3, 0.4) is 0 Å². The quantitative estimate of drug-likeness (QED) is 0.808. The summed E-state index contributed by atoms with van der Waals surface area (Å²) >= 11 is 0. The topological polar surface area (TPSA) is 23.5 Å². The van der Waals surface area contributed by atoms with Crippen molar-refractivity contribution >= 4 is 5.69 Å². The van der Waals surface area contributed by atoms with Crippen LogP contribution in [0.5, 0.6) is 0 Å². The van der Waals surface area contributed by atoms with Crippen LogP contribution in [0.25, 0.3) is 0 Å². The zero-order valence-corrected chi connectivity index (χ0v) is 17.2. The van der Waals surface area contributed by atoms with Gasteiger partial charge in [-0.05, 0) is 55.2 Å². The number of aliphatic hydroxyl groups excluding tert-OH is 1. The number of hydrogen-bond donors (Lipinski definition) is 1. The third kappa shape index (κ3) is 2.87. The lowest BCUT2D eigenvalue weighted by Crippen LogP contribution is -2.55. The smallest absolute Gasteiger partial charge is 0.0471 e. The van der Waals surface area contributed by atoms with Crippen molar-refractivity contribution in [3.8, 4) is 0 Å². The Balaban J connectivity index is 2.79. The third-order valence-corrected chi connectivity index (χ3v) is 5.98. The van der Waals surface area contributed by atoms with E-state index in [-0.39, 0.29) is 28.4 Å². The molecule has 0 radical (unpaired) electrons. The lowest BCUT2D eigenvalue weighted by Gasteiger charge is -2.53. The molecule has 0 saturated heterocycles. The fourth-order valence-electron chi connectivity index (χ4n) is 4.86. The first-order valence-corrected chi connectivity index (χ1v) is 9.27. The third-order valence-electron chi connectivity index (χ3n) is 5.98. The van der Waals surface area contributed by atoms with Gasteiger partial charge in [-0.1, -0.05) is 53.7 Å². The summed E-state index contributed by atoms with van der Waals surface area (Å²) in [6.45, 7) is 22.5. The summed E-state index contributed by atoms with van der Waals surface area (Å²) in [5.41, 5.74) is 4.50. The van der Waals surface area contributed by atoms with E-state index < -0.39 is 0 Å². The molecule has 0 saturated carbocycles. The van der Waals surface area contributed by atoms with Gasteiger partial charge in [0.15, 0.2) is 0 Å². The van der Waals surface area contributed by atoms with Crippen LogP contribution >= 0.6 is 0 Å². The average Bonchev–Trinajstić information content (AvgIpc) is 2.73. The molecule has 1 aromatic carbocycles. The highest BCUT2D eigenvalue weighted by atomic mass is 16.2. The highest BCUT2D eigenvalue weighted by Crippen LogP contribution is 2.60. The summed E-state index contributed by atoms with van der Waals surface area (Å²) in [5.74, 6) is 0. The number of anilines is 1. The van der Waals surface area contributed by atoms with Gasteiger partial charge >= 0.3 is 0 Å². The molecular weight excluding hydrogens is 294 g/mol. The van der Waals surface area contributed by atoms with Crippen LogP contribution in [0.4, 0.5) is 5.69 Å². The SMILES string of the molecule is CC(C)(C)N1CC(C(C)(C)C)(C(C)(C)C)c2cc(CCO)ccc21. The lowest BCUT2D eigenvalue weighted by atomic mass is 9.52. The van der Waals surface area contributed by atoms with Crippen molar-refractivity contribution in [3.05, 3.63) is 29.3 Å². The van der Waals surface area contributed by atoms with Gasteiger partial charge < -0.3 is 10.0 Å². The molecule has 0 unspecified atom stereocenters. The first-order chi connectivity index (χ1) is 10.8. The van der Waals surface area contributed by atoms with Crippen LogP contribution in [0.15, 0.2) is 18.2 Å². The number of rotatable bonds is 2. The molecule has 1 aromatic rings. The molecule has 1 heterocycles. The predicted molar refractivity (Wildman–Crippen MR) is 105 cm³/mol. The van der Waals surface area contributed by atoms with Gasteiger partial charge in [0.1, 0.15) is 0 Å². The highest BCUT2D eigenvalue weighted by molar-refractivity contribution is 5.66. The maximum Gasteiger partial charge on any atom is 0.0471 e. The summed E-state index contributed by atoms with van der Waals surface area (Å²) in [7, 11) is 0. The Morgan fingerprint density at radius 2 is 1.50 bits per heavy atom. The molecule has 0 bridgehead atoms. The summed E-state index contributed by atoms with van der Waals surface area (Å²) in [4.78, 5) is 2.58. The second kappa shape index (κ2) is 5.76. The minimum atomic E-state index is 0.0636. The monoisotopic (exact) mass is 331 g/mol. The Morgan fingerprint density at radius 1 is 0.958 bits per heavy atom. The molecule has 1 aliphatic heterocycles. The molecule has 2 heteroatoms. The van der Waals surface area contributed by atoms with Crippen LogP contribution < -0.4 is 4.90 Å². The van der Waals surface area contributed by atoms with E-state index in [1.54, 1.807) is 0 Å². The summed E-state index contributed by atoms with van der Waals surface area (Å²) < 4.78 is 0. The van der Waals surface area contributed by atoms with Crippen LogP contribution in [-0.4, -0.2) is 23.8 Å². The number of hydrogen-bond acceptors (Lipinski definition) is 2. The van der Waals surface area contributed by atoms with Crippen molar-refractivity contribution < 1.29 is 5.11 Å². The van der Waals surface area contributed by atoms with Gasteiger partial charge in [0.05, 0.1) is 0 Å².